The summed E-state index contributed by atoms with van der Waals surface area (Å²) in [5.41, 5.74) is -0.113. The third kappa shape index (κ3) is 3.41. The summed E-state index contributed by atoms with van der Waals surface area (Å²) in [5.74, 6) is -0.589. The molecule has 0 bridgehead atoms. The second-order valence-corrected chi connectivity index (χ2v) is 2.62. The van der Waals surface area contributed by atoms with Crippen LogP contribution in [-0.4, -0.2) is 18.9 Å². The fourth-order valence-electron chi connectivity index (χ4n) is 0.975. The molecular weight excluding hydrogens is 213 g/mol. The van der Waals surface area contributed by atoms with E-state index in [9.17, 15) is 22.8 Å². The van der Waals surface area contributed by atoms with Gasteiger partial charge in [0.2, 0.25) is 0 Å². The van der Waals surface area contributed by atoms with Gasteiger partial charge in [0.15, 0.2) is 0 Å². The highest BCUT2D eigenvalue weighted by atomic mass is 19.4. The van der Waals surface area contributed by atoms with Crippen molar-refractivity contribution in [3.05, 3.63) is 29.3 Å². The number of rotatable bonds is 3. The lowest BCUT2D eigenvalue weighted by Crippen LogP contribution is -2.17. The number of benzene rings is 1. The van der Waals surface area contributed by atoms with E-state index in [2.05, 4.69) is 4.74 Å². The lowest BCUT2D eigenvalue weighted by atomic mass is 10.1. The van der Waals surface area contributed by atoms with E-state index >= 15 is 0 Å². The third-order valence-electron chi connectivity index (χ3n) is 1.46. The molecule has 0 atom stereocenters. The van der Waals surface area contributed by atoms with Crippen molar-refractivity contribution in [2.24, 2.45) is 0 Å². The summed E-state index contributed by atoms with van der Waals surface area (Å²) in [6, 6.07) is 2.95. The summed E-state index contributed by atoms with van der Waals surface area (Å²) < 4.78 is 39.0. The van der Waals surface area contributed by atoms with E-state index < -0.39 is 12.1 Å². The standard InChI is InChI=1S/C9H5F3O3/c10-9(11,12)15-8-2-6(4-13)1-7(3-8)5-14/h1-5H. The number of carbonyl (C=O) groups excluding carboxylic acids is 2. The van der Waals surface area contributed by atoms with E-state index in [1.165, 1.54) is 0 Å². The average Bonchev–Trinajstić information content (AvgIpc) is 2.14. The van der Waals surface area contributed by atoms with Crippen molar-refractivity contribution < 1.29 is 27.5 Å². The van der Waals surface area contributed by atoms with Crippen molar-refractivity contribution in [1.82, 2.24) is 0 Å². The summed E-state index contributed by atoms with van der Waals surface area (Å²) in [7, 11) is 0. The first-order chi connectivity index (χ1) is 6.94. The molecule has 0 fully saturated rings. The van der Waals surface area contributed by atoms with E-state index in [-0.39, 0.29) is 11.1 Å². The van der Waals surface area contributed by atoms with Crippen LogP contribution < -0.4 is 4.74 Å². The summed E-state index contributed by atoms with van der Waals surface area (Å²) in [6.07, 6.45) is -4.19. The molecule has 6 heteroatoms. The number of hydrogen-bond acceptors (Lipinski definition) is 3. The minimum atomic E-state index is -4.85. The average molecular weight is 218 g/mol. The van der Waals surface area contributed by atoms with Gasteiger partial charge < -0.3 is 4.74 Å². The van der Waals surface area contributed by atoms with Gasteiger partial charge in [-0.1, -0.05) is 0 Å². The highest BCUT2D eigenvalue weighted by molar-refractivity contribution is 5.83. The summed E-state index contributed by atoms with van der Waals surface area (Å²) in [6.45, 7) is 0. The molecule has 80 valence electrons. The summed E-state index contributed by atoms with van der Waals surface area (Å²) >= 11 is 0. The van der Waals surface area contributed by atoms with Gasteiger partial charge in [0.25, 0.3) is 0 Å². The number of carbonyl (C=O) groups is 2. The first-order valence-corrected chi connectivity index (χ1v) is 3.76. The van der Waals surface area contributed by atoms with Gasteiger partial charge in [-0.15, -0.1) is 13.2 Å². The predicted molar refractivity (Wildman–Crippen MR) is 43.9 cm³/mol. The van der Waals surface area contributed by atoms with Gasteiger partial charge in [-0.05, 0) is 18.2 Å². The van der Waals surface area contributed by atoms with Gasteiger partial charge in [0.05, 0.1) is 0 Å². The highest BCUT2D eigenvalue weighted by Gasteiger charge is 2.31. The first kappa shape index (κ1) is 11.2. The van der Waals surface area contributed by atoms with Crippen molar-refractivity contribution in [3.63, 3.8) is 0 Å². The fourth-order valence-corrected chi connectivity index (χ4v) is 0.975. The van der Waals surface area contributed by atoms with Crippen LogP contribution in [0.4, 0.5) is 13.2 Å². The molecule has 0 amide bonds. The van der Waals surface area contributed by atoms with Gasteiger partial charge >= 0.3 is 6.36 Å². The maximum atomic E-state index is 11.8. The zero-order chi connectivity index (χ0) is 11.5. The van der Waals surface area contributed by atoms with Crippen LogP contribution >= 0.6 is 0 Å². The smallest absolute Gasteiger partial charge is 0.406 e. The molecule has 0 aliphatic rings. The quantitative estimate of drug-likeness (QED) is 0.730. The second-order valence-electron chi connectivity index (χ2n) is 2.62. The molecule has 0 aliphatic heterocycles. The Kier molecular flexibility index (Phi) is 3.08. The molecule has 1 aromatic rings. The number of halogens is 3. The molecule has 3 nitrogen and oxygen atoms in total. The molecule has 0 aromatic heterocycles. The lowest BCUT2D eigenvalue weighted by Gasteiger charge is -2.09. The summed E-state index contributed by atoms with van der Waals surface area (Å²) in [5, 5.41) is 0. The van der Waals surface area contributed by atoms with Crippen LogP contribution in [0, 0.1) is 0 Å². The molecule has 15 heavy (non-hydrogen) atoms. The SMILES string of the molecule is O=Cc1cc(C=O)cc(OC(F)(F)F)c1. The Balaban J connectivity index is 3.07. The van der Waals surface area contributed by atoms with Crippen LogP contribution in [0.3, 0.4) is 0 Å². The van der Waals surface area contributed by atoms with Crippen LogP contribution in [0.25, 0.3) is 0 Å². The second kappa shape index (κ2) is 4.12. The maximum absolute atomic E-state index is 11.8. The van der Waals surface area contributed by atoms with Crippen molar-refractivity contribution in [3.8, 4) is 5.75 Å². The van der Waals surface area contributed by atoms with Crippen LogP contribution in [0.5, 0.6) is 5.75 Å². The Morgan fingerprint density at radius 2 is 1.47 bits per heavy atom. The monoisotopic (exact) mass is 218 g/mol. The Labute approximate surface area is 82.5 Å². The van der Waals surface area contributed by atoms with E-state index in [0.29, 0.717) is 12.6 Å². The zero-order valence-corrected chi connectivity index (χ0v) is 7.25. The van der Waals surface area contributed by atoms with Gasteiger partial charge in [-0.25, -0.2) is 0 Å². The zero-order valence-electron chi connectivity index (χ0n) is 7.25. The Bertz CT molecular complexity index is 358. The molecule has 0 N–H and O–H groups in total. The lowest BCUT2D eigenvalue weighted by molar-refractivity contribution is -0.274. The van der Waals surface area contributed by atoms with Gasteiger partial charge in [-0.3, -0.25) is 9.59 Å². The van der Waals surface area contributed by atoms with Crippen LogP contribution in [0.1, 0.15) is 20.7 Å². The number of ether oxygens (including phenoxy) is 1. The predicted octanol–water partition coefficient (Wildman–Crippen LogP) is 2.21. The van der Waals surface area contributed by atoms with E-state index in [4.69, 9.17) is 0 Å². The fraction of sp³-hybridized carbons (Fsp3) is 0.111. The number of alkyl halides is 3. The molecule has 0 aliphatic carbocycles. The van der Waals surface area contributed by atoms with Crippen LogP contribution in [0.15, 0.2) is 18.2 Å². The molecule has 0 radical (unpaired) electrons. The molecular formula is C9H5F3O3. The van der Waals surface area contributed by atoms with Gasteiger partial charge in [-0.2, -0.15) is 0 Å². The molecule has 0 spiro atoms. The van der Waals surface area contributed by atoms with Crippen molar-refractivity contribution >= 4 is 12.6 Å². The van der Waals surface area contributed by atoms with E-state index in [1.54, 1.807) is 0 Å². The number of aldehydes is 2. The Morgan fingerprint density at radius 1 is 1.00 bits per heavy atom. The summed E-state index contributed by atoms with van der Waals surface area (Å²) in [4.78, 5) is 20.7. The van der Waals surface area contributed by atoms with Gasteiger partial charge in [0.1, 0.15) is 18.3 Å². The molecule has 0 heterocycles. The largest absolute Gasteiger partial charge is 0.573 e. The van der Waals surface area contributed by atoms with E-state index in [0.717, 1.165) is 18.2 Å². The highest BCUT2D eigenvalue weighted by Crippen LogP contribution is 2.24. The Hall–Kier alpha value is -1.85. The molecule has 0 saturated heterocycles. The maximum Gasteiger partial charge on any atom is 0.573 e. The molecule has 1 rings (SSSR count). The first-order valence-electron chi connectivity index (χ1n) is 3.76. The Morgan fingerprint density at radius 3 is 1.80 bits per heavy atom. The van der Waals surface area contributed by atoms with Crippen molar-refractivity contribution in [2.75, 3.05) is 0 Å². The van der Waals surface area contributed by atoms with Crippen LogP contribution in [-0.2, 0) is 0 Å². The minimum absolute atomic E-state index is 0.0566. The minimum Gasteiger partial charge on any atom is -0.406 e. The van der Waals surface area contributed by atoms with Gasteiger partial charge in [0, 0.05) is 11.1 Å². The molecule has 0 saturated carbocycles. The van der Waals surface area contributed by atoms with Crippen LogP contribution in [0.2, 0.25) is 0 Å². The van der Waals surface area contributed by atoms with Crippen molar-refractivity contribution in [2.45, 2.75) is 6.36 Å². The number of hydrogen-bond donors (Lipinski definition) is 0. The third-order valence-corrected chi connectivity index (χ3v) is 1.46. The van der Waals surface area contributed by atoms with E-state index in [1.807, 2.05) is 0 Å². The normalized spacial score (nSPS) is 10.9. The molecule has 0 unspecified atom stereocenters. The van der Waals surface area contributed by atoms with Crippen molar-refractivity contribution in [1.29, 1.82) is 0 Å². The topological polar surface area (TPSA) is 43.4 Å². The molecule has 1 aromatic carbocycles.